The predicted octanol–water partition coefficient (Wildman–Crippen LogP) is 3.17. The largest absolute Gasteiger partial charge is 0.486 e. The average molecular weight is 499 g/mol. The summed E-state index contributed by atoms with van der Waals surface area (Å²) in [5.41, 5.74) is 2.10. The third-order valence-corrected chi connectivity index (χ3v) is 6.01. The van der Waals surface area contributed by atoms with Gasteiger partial charge in [-0.15, -0.1) is 0 Å². The van der Waals surface area contributed by atoms with Crippen LogP contribution in [0.15, 0.2) is 48.5 Å². The maximum absolute atomic E-state index is 12.5. The summed E-state index contributed by atoms with van der Waals surface area (Å²) in [5, 5.41) is 15.8. The predicted molar refractivity (Wildman–Crippen MR) is 134 cm³/mol. The van der Waals surface area contributed by atoms with E-state index in [4.69, 9.17) is 19.7 Å². The van der Waals surface area contributed by atoms with Crippen LogP contribution in [0.25, 0.3) is 0 Å². The number of aliphatic carboxylic acids is 2. The number of hydrogen-bond donors (Lipinski definition) is 2. The van der Waals surface area contributed by atoms with Gasteiger partial charge >= 0.3 is 11.9 Å². The molecule has 2 heterocycles. The molecule has 9 nitrogen and oxygen atoms in total. The SMILES string of the molecule is O=C(CCCN1CCN(Cc2ccccc2)CC1)c1ccc2c(c1)OCCO2.O=C(O)CCC(=O)O. The Hall–Kier alpha value is -3.43. The van der Waals surface area contributed by atoms with Crippen LogP contribution >= 0.6 is 0 Å². The minimum absolute atomic E-state index is 0.180. The van der Waals surface area contributed by atoms with E-state index >= 15 is 0 Å². The zero-order chi connectivity index (χ0) is 25.8. The van der Waals surface area contributed by atoms with E-state index in [1.807, 2.05) is 18.2 Å². The number of carboxylic acids is 2. The quantitative estimate of drug-likeness (QED) is 0.476. The fraction of sp³-hybridized carbons (Fsp3) is 0.444. The van der Waals surface area contributed by atoms with Crippen molar-refractivity contribution in [2.75, 3.05) is 45.9 Å². The van der Waals surface area contributed by atoms with Crippen LogP contribution in [0.2, 0.25) is 0 Å². The van der Waals surface area contributed by atoms with E-state index in [1.165, 1.54) is 5.56 Å². The van der Waals surface area contributed by atoms with Crippen LogP contribution in [0, 0.1) is 0 Å². The minimum Gasteiger partial charge on any atom is -0.486 e. The van der Waals surface area contributed by atoms with Crippen LogP contribution in [0.1, 0.15) is 41.6 Å². The van der Waals surface area contributed by atoms with Gasteiger partial charge in [0.05, 0.1) is 12.8 Å². The molecule has 0 radical (unpaired) electrons. The smallest absolute Gasteiger partial charge is 0.303 e. The molecule has 1 fully saturated rings. The number of hydrogen-bond acceptors (Lipinski definition) is 7. The van der Waals surface area contributed by atoms with E-state index < -0.39 is 11.9 Å². The summed E-state index contributed by atoms with van der Waals surface area (Å²) < 4.78 is 11.1. The number of rotatable bonds is 10. The van der Waals surface area contributed by atoms with Crippen molar-refractivity contribution in [1.82, 2.24) is 9.80 Å². The Morgan fingerprint density at radius 3 is 2.00 bits per heavy atom. The highest BCUT2D eigenvalue weighted by molar-refractivity contribution is 5.96. The molecular weight excluding hydrogens is 464 g/mol. The highest BCUT2D eigenvalue weighted by Crippen LogP contribution is 2.31. The number of benzene rings is 2. The lowest BCUT2D eigenvalue weighted by molar-refractivity contribution is -0.143. The summed E-state index contributed by atoms with van der Waals surface area (Å²) in [6, 6.07) is 16.2. The summed E-state index contributed by atoms with van der Waals surface area (Å²) in [7, 11) is 0. The van der Waals surface area contributed by atoms with Crippen LogP contribution in [0.5, 0.6) is 11.5 Å². The Bertz CT molecular complexity index is 990. The third-order valence-electron chi connectivity index (χ3n) is 6.01. The maximum Gasteiger partial charge on any atom is 0.303 e. The van der Waals surface area contributed by atoms with E-state index in [1.54, 1.807) is 0 Å². The van der Waals surface area contributed by atoms with Gasteiger partial charge in [-0.05, 0) is 36.7 Å². The van der Waals surface area contributed by atoms with Crippen LogP contribution in [0.3, 0.4) is 0 Å². The Balaban J connectivity index is 0.000000392. The summed E-state index contributed by atoms with van der Waals surface area (Å²) >= 11 is 0. The fourth-order valence-corrected chi connectivity index (χ4v) is 4.05. The van der Waals surface area contributed by atoms with Crippen molar-refractivity contribution in [3.05, 3.63) is 59.7 Å². The molecule has 0 aliphatic carbocycles. The number of ether oxygens (including phenoxy) is 2. The Morgan fingerprint density at radius 1 is 0.750 bits per heavy atom. The number of piperazine rings is 1. The molecule has 2 N–H and O–H groups in total. The molecule has 36 heavy (non-hydrogen) atoms. The van der Waals surface area contributed by atoms with Crippen LogP contribution in [-0.2, 0) is 16.1 Å². The van der Waals surface area contributed by atoms with Gasteiger partial charge in [0.2, 0.25) is 0 Å². The van der Waals surface area contributed by atoms with Gasteiger partial charge in [0.15, 0.2) is 17.3 Å². The summed E-state index contributed by atoms with van der Waals surface area (Å²) in [6.45, 7) is 7.44. The van der Waals surface area contributed by atoms with E-state index in [-0.39, 0.29) is 18.6 Å². The second kappa shape index (κ2) is 14.2. The lowest BCUT2D eigenvalue weighted by Crippen LogP contribution is -2.46. The molecule has 194 valence electrons. The molecule has 2 aliphatic heterocycles. The number of carboxylic acid groups (broad SMARTS) is 2. The van der Waals surface area contributed by atoms with Gasteiger partial charge in [-0.1, -0.05) is 30.3 Å². The molecule has 0 unspecified atom stereocenters. The first-order valence-corrected chi connectivity index (χ1v) is 12.3. The van der Waals surface area contributed by atoms with Gasteiger partial charge < -0.3 is 24.6 Å². The average Bonchev–Trinajstić information content (AvgIpc) is 2.89. The molecule has 2 aromatic rings. The molecule has 0 saturated carbocycles. The van der Waals surface area contributed by atoms with Crippen molar-refractivity contribution < 1.29 is 34.1 Å². The number of ketones is 1. The lowest BCUT2D eigenvalue weighted by atomic mass is 10.1. The van der Waals surface area contributed by atoms with E-state index in [9.17, 15) is 14.4 Å². The number of Topliss-reactive ketones (excluding diaryl/α,β-unsaturated/α-hetero) is 1. The second-order valence-corrected chi connectivity index (χ2v) is 8.78. The molecule has 4 rings (SSSR count). The zero-order valence-electron chi connectivity index (χ0n) is 20.4. The monoisotopic (exact) mass is 498 g/mol. The highest BCUT2D eigenvalue weighted by atomic mass is 16.6. The van der Waals surface area contributed by atoms with Crippen molar-refractivity contribution in [3.8, 4) is 11.5 Å². The molecule has 2 aliphatic rings. The maximum atomic E-state index is 12.5. The van der Waals surface area contributed by atoms with Crippen LogP contribution in [-0.4, -0.2) is 83.7 Å². The third kappa shape index (κ3) is 9.31. The van der Waals surface area contributed by atoms with Crippen molar-refractivity contribution in [2.24, 2.45) is 0 Å². The molecule has 2 aromatic carbocycles. The van der Waals surface area contributed by atoms with Crippen molar-refractivity contribution in [3.63, 3.8) is 0 Å². The van der Waals surface area contributed by atoms with Gasteiger partial charge in [0.25, 0.3) is 0 Å². The summed E-state index contributed by atoms with van der Waals surface area (Å²) in [5.74, 6) is -0.553. The molecular formula is C27H34N2O7. The Kier molecular flexibility index (Phi) is 10.7. The molecule has 0 amide bonds. The Morgan fingerprint density at radius 2 is 1.36 bits per heavy atom. The number of carbonyl (C=O) groups excluding carboxylic acids is 1. The first-order valence-electron chi connectivity index (χ1n) is 12.3. The Labute approximate surface area is 211 Å². The van der Waals surface area contributed by atoms with E-state index in [2.05, 4.69) is 40.1 Å². The number of nitrogens with zero attached hydrogens (tertiary/aromatic N) is 2. The van der Waals surface area contributed by atoms with Gasteiger partial charge in [0.1, 0.15) is 13.2 Å². The van der Waals surface area contributed by atoms with E-state index in [0.29, 0.717) is 25.4 Å². The van der Waals surface area contributed by atoms with Crippen molar-refractivity contribution >= 4 is 17.7 Å². The van der Waals surface area contributed by atoms with Crippen LogP contribution < -0.4 is 9.47 Å². The van der Waals surface area contributed by atoms with E-state index in [0.717, 1.165) is 57.0 Å². The first-order chi connectivity index (χ1) is 17.4. The number of fused-ring (bicyclic) bond motifs is 1. The molecule has 0 aromatic heterocycles. The topological polar surface area (TPSA) is 117 Å². The zero-order valence-corrected chi connectivity index (χ0v) is 20.4. The molecule has 0 bridgehead atoms. The standard InChI is InChI=1S/C23H28N2O3.C4H6O4/c26-21(20-8-9-22-23(17-20)28-16-15-27-22)7-4-10-24-11-13-25(14-12-24)18-19-5-2-1-3-6-19;5-3(6)1-2-4(7)8/h1-3,5-6,8-9,17H,4,7,10-16,18H2;1-2H2,(H,5,6)(H,7,8). The van der Waals surface area contributed by atoms with Gasteiger partial charge in [0, 0.05) is 44.7 Å². The fourth-order valence-electron chi connectivity index (χ4n) is 4.05. The second-order valence-electron chi connectivity index (χ2n) is 8.78. The van der Waals surface area contributed by atoms with Gasteiger partial charge in [-0.3, -0.25) is 19.3 Å². The van der Waals surface area contributed by atoms with Crippen LogP contribution in [0.4, 0.5) is 0 Å². The normalized spacial score (nSPS) is 15.4. The number of carbonyl (C=O) groups is 3. The van der Waals surface area contributed by atoms with Gasteiger partial charge in [-0.25, -0.2) is 0 Å². The first kappa shape index (κ1) is 27.2. The van der Waals surface area contributed by atoms with Crippen molar-refractivity contribution in [2.45, 2.75) is 32.2 Å². The molecule has 0 spiro atoms. The summed E-state index contributed by atoms with van der Waals surface area (Å²) in [4.78, 5) is 36.8. The highest BCUT2D eigenvalue weighted by Gasteiger charge is 2.18. The lowest BCUT2D eigenvalue weighted by Gasteiger charge is -2.34. The van der Waals surface area contributed by atoms with Crippen molar-refractivity contribution in [1.29, 1.82) is 0 Å². The molecule has 9 heteroatoms. The summed E-state index contributed by atoms with van der Waals surface area (Å²) in [6.07, 6.45) is 0.875. The van der Waals surface area contributed by atoms with Gasteiger partial charge in [-0.2, -0.15) is 0 Å². The minimum atomic E-state index is -1.08. The molecule has 1 saturated heterocycles. The molecule has 0 atom stereocenters.